The first-order chi connectivity index (χ1) is 17.5. The number of nitrogens with one attached hydrogen (secondary N) is 3. The average Bonchev–Trinajstić information content (AvgIpc) is 3.45. The molecule has 8 nitrogen and oxygen atoms in total. The summed E-state index contributed by atoms with van der Waals surface area (Å²) >= 11 is 0. The Hall–Kier alpha value is -3.46. The first-order valence-electron chi connectivity index (χ1n) is 12.6. The zero-order valence-electron chi connectivity index (χ0n) is 20.5. The van der Waals surface area contributed by atoms with Crippen LogP contribution in [0.25, 0.3) is 11.1 Å². The Labute approximate surface area is 213 Å². The van der Waals surface area contributed by atoms with Gasteiger partial charge in [0.05, 0.1) is 6.04 Å². The molecule has 1 heterocycles. The van der Waals surface area contributed by atoms with Gasteiger partial charge in [0.2, 0.25) is 11.8 Å². The molecule has 2 aromatic rings. The second kappa shape index (κ2) is 12.0. The molecule has 0 bridgehead atoms. The van der Waals surface area contributed by atoms with E-state index in [1.165, 1.54) is 0 Å². The van der Waals surface area contributed by atoms with Crippen LogP contribution in [0, 0.1) is 5.92 Å². The minimum atomic E-state index is -1.36. The number of aldehydes is 1. The van der Waals surface area contributed by atoms with Gasteiger partial charge in [-0.2, -0.15) is 0 Å². The van der Waals surface area contributed by atoms with Crippen molar-refractivity contribution in [3.63, 3.8) is 0 Å². The normalized spacial score (nSPS) is 18.2. The van der Waals surface area contributed by atoms with Gasteiger partial charge >= 0.3 is 6.09 Å². The molecule has 3 N–H and O–H groups in total. The summed E-state index contributed by atoms with van der Waals surface area (Å²) in [6, 6.07) is 15.6. The van der Waals surface area contributed by atoms with Crippen LogP contribution in [0.2, 0.25) is 5.54 Å². The molecule has 0 unspecified atom stereocenters. The Kier molecular flexibility index (Phi) is 8.53. The molecule has 1 aliphatic carbocycles. The van der Waals surface area contributed by atoms with E-state index in [0.717, 1.165) is 28.7 Å². The summed E-state index contributed by atoms with van der Waals surface area (Å²) in [7, 11) is -1.36. The van der Waals surface area contributed by atoms with Crippen molar-refractivity contribution in [2.24, 2.45) is 5.92 Å². The van der Waals surface area contributed by atoms with Crippen LogP contribution in [0.3, 0.4) is 0 Å². The predicted octanol–water partition coefficient (Wildman–Crippen LogP) is 2.41. The van der Waals surface area contributed by atoms with E-state index in [4.69, 9.17) is 4.74 Å². The summed E-state index contributed by atoms with van der Waals surface area (Å²) < 4.78 is 5.60. The van der Waals surface area contributed by atoms with Crippen LogP contribution in [0.15, 0.2) is 48.5 Å². The van der Waals surface area contributed by atoms with Crippen LogP contribution in [0.1, 0.15) is 49.7 Å². The number of amides is 3. The van der Waals surface area contributed by atoms with Crippen LogP contribution in [-0.2, 0) is 19.1 Å². The molecule has 3 amide bonds. The number of fused-ring (bicyclic) bond motifs is 3. The van der Waals surface area contributed by atoms with E-state index in [0.29, 0.717) is 32.1 Å². The van der Waals surface area contributed by atoms with Crippen LogP contribution < -0.4 is 15.6 Å². The maximum absolute atomic E-state index is 12.9. The molecule has 36 heavy (non-hydrogen) atoms. The quantitative estimate of drug-likeness (QED) is 0.319. The highest BCUT2D eigenvalue weighted by Gasteiger charge is 2.31. The van der Waals surface area contributed by atoms with Crippen molar-refractivity contribution < 1.29 is 23.9 Å². The van der Waals surface area contributed by atoms with Gasteiger partial charge in [0.25, 0.3) is 0 Å². The lowest BCUT2D eigenvalue weighted by Gasteiger charge is -2.21. The largest absolute Gasteiger partial charge is 0.449 e. The third-order valence-corrected chi connectivity index (χ3v) is 8.80. The van der Waals surface area contributed by atoms with Crippen molar-refractivity contribution in [3.8, 4) is 11.1 Å². The molecule has 2 aromatic carbocycles. The van der Waals surface area contributed by atoms with E-state index >= 15 is 0 Å². The van der Waals surface area contributed by atoms with E-state index in [-0.39, 0.29) is 35.8 Å². The number of carbonyl (C=O) groups is 4. The molecule has 0 aromatic heterocycles. The summed E-state index contributed by atoms with van der Waals surface area (Å²) in [5.74, 6) is -0.618. The van der Waals surface area contributed by atoms with Gasteiger partial charge in [-0.1, -0.05) is 61.9 Å². The molecule has 0 saturated carbocycles. The molecule has 4 rings (SSSR count). The lowest BCUT2D eigenvalue weighted by atomic mass is 9.98. The van der Waals surface area contributed by atoms with Crippen molar-refractivity contribution in [2.75, 3.05) is 13.2 Å². The molecule has 1 saturated heterocycles. The minimum absolute atomic E-state index is 0.0271. The lowest BCUT2D eigenvalue weighted by molar-refractivity contribution is -0.126. The standard InChI is InChI=1S/C27H33N3O5Si/c1-2-7-24(26(33)29-18(15-31)14-17-12-13-28-25(17)32)36-30-27(34)35-16-23-21-10-5-3-8-19(21)20-9-4-6-11-22(20)23/h3-6,8-11,15,17-18,23-24H,2,7,12-14,16,36H2,1H3,(H,28,32)(H,29,33)(H,30,34)/t17-,18-,24-/m0/s1. The third-order valence-electron chi connectivity index (χ3n) is 7.04. The van der Waals surface area contributed by atoms with Gasteiger partial charge in [-0.3, -0.25) is 9.59 Å². The second-order valence-electron chi connectivity index (χ2n) is 9.46. The summed E-state index contributed by atoms with van der Waals surface area (Å²) in [6.07, 6.45) is 2.50. The van der Waals surface area contributed by atoms with Crippen molar-refractivity contribution in [2.45, 2.75) is 50.1 Å². The van der Waals surface area contributed by atoms with Crippen LogP contribution in [-0.4, -0.2) is 53.1 Å². The van der Waals surface area contributed by atoms with E-state index < -0.39 is 21.8 Å². The van der Waals surface area contributed by atoms with Crippen molar-refractivity contribution in [1.29, 1.82) is 0 Å². The Morgan fingerprint density at radius 2 is 1.81 bits per heavy atom. The zero-order chi connectivity index (χ0) is 25.5. The maximum atomic E-state index is 12.9. The fourth-order valence-corrected chi connectivity index (χ4v) is 6.59. The maximum Gasteiger partial charge on any atom is 0.398 e. The van der Waals surface area contributed by atoms with Gasteiger partial charge in [0, 0.05) is 23.9 Å². The van der Waals surface area contributed by atoms with Gasteiger partial charge in [0.15, 0.2) is 0 Å². The molecular formula is C27H33N3O5Si. The van der Waals surface area contributed by atoms with E-state index in [1.807, 2.05) is 31.2 Å². The van der Waals surface area contributed by atoms with Gasteiger partial charge in [-0.15, -0.1) is 0 Å². The molecule has 2 aliphatic rings. The molecular weight excluding hydrogens is 474 g/mol. The SMILES string of the molecule is CCC[C@H]([SiH2]NC(=O)OCC1c2ccccc2-c2ccccc21)C(=O)N[C@H](C=O)C[C@@H]1CCNC1=O. The van der Waals surface area contributed by atoms with Crippen LogP contribution >= 0.6 is 0 Å². The molecule has 1 fully saturated rings. The fourth-order valence-electron chi connectivity index (χ4n) is 5.16. The van der Waals surface area contributed by atoms with Gasteiger partial charge < -0.3 is 25.1 Å². The van der Waals surface area contributed by atoms with Crippen molar-refractivity contribution in [3.05, 3.63) is 59.7 Å². The number of ether oxygens (including phenoxy) is 1. The summed E-state index contributed by atoms with van der Waals surface area (Å²) in [4.78, 5) is 51.7. The highest BCUT2D eigenvalue weighted by atomic mass is 28.2. The van der Waals surface area contributed by atoms with Crippen molar-refractivity contribution in [1.82, 2.24) is 15.6 Å². The highest BCUT2D eigenvalue weighted by molar-refractivity contribution is 6.44. The van der Waals surface area contributed by atoms with Gasteiger partial charge in [-0.25, -0.2) is 4.79 Å². The number of hydrogen-bond donors (Lipinski definition) is 3. The smallest absolute Gasteiger partial charge is 0.398 e. The number of rotatable bonds is 11. The first-order valence-corrected chi connectivity index (χ1v) is 14.2. The van der Waals surface area contributed by atoms with Gasteiger partial charge in [0.1, 0.15) is 22.6 Å². The van der Waals surface area contributed by atoms with E-state index in [2.05, 4.69) is 39.9 Å². The molecule has 1 aliphatic heterocycles. The van der Waals surface area contributed by atoms with Crippen LogP contribution in [0.5, 0.6) is 0 Å². The summed E-state index contributed by atoms with van der Waals surface area (Å²) in [5.41, 5.74) is 4.24. The fraction of sp³-hybridized carbons (Fsp3) is 0.407. The molecule has 3 atom stereocenters. The molecule has 0 spiro atoms. The number of benzene rings is 2. The Bertz CT molecular complexity index is 1080. The Morgan fingerprint density at radius 3 is 2.39 bits per heavy atom. The zero-order valence-corrected chi connectivity index (χ0v) is 21.9. The Morgan fingerprint density at radius 1 is 1.14 bits per heavy atom. The summed E-state index contributed by atoms with van der Waals surface area (Å²) in [5, 5.41) is 5.53. The molecule has 9 heteroatoms. The lowest BCUT2D eigenvalue weighted by Crippen LogP contribution is -2.44. The first kappa shape index (κ1) is 25.6. The minimum Gasteiger partial charge on any atom is -0.449 e. The van der Waals surface area contributed by atoms with Gasteiger partial charge in [-0.05, 0) is 41.5 Å². The monoisotopic (exact) mass is 507 g/mol. The molecule has 190 valence electrons. The van der Waals surface area contributed by atoms with Crippen molar-refractivity contribution >= 4 is 33.9 Å². The average molecular weight is 508 g/mol. The Balaban J connectivity index is 1.30. The van der Waals surface area contributed by atoms with Crippen LogP contribution in [0.4, 0.5) is 4.79 Å². The second-order valence-corrected chi connectivity index (χ2v) is 11.2. The van der Waals surface area contributed by atoms with E-state index in [9.17, 15) is 19.2 Å². The number of carbonyl (C=O) groups excluding carboxylic acids is 4. The topological polar surface area (TPSA) is 114 Å². The number of hydrogen-bond acceptors (Lipinski definition) is 5. The summed E-state index contributed by atoms with van der Waals surface area (Å²) in [6.45, 7) is 2.79. The predicted molar refractivity (Wildman–Crippen MR) is 139 cm³/mol. The third kappa shape index (κ3) is 5.84. The highest BCUT2D eigenvalue weighted by Crippen LogP contribution is 2.44. The molecule has 0 radical (unpaired) electrons. The van der Waals surface area contributed by atoms with E-state index in [1.54, 1.807) is 0 Å².